The number of aromatic nitrogens is 5. The molecule has 3 heterocycles. The van der Waals surface area contributed by atoms with Crippen LogP contribution in [0, 0.1) is 6.92 Å². The number of rotatable bonds is 4. The van der Waals surface area contributed by atoms with Crippen molar-refractivity contribution in [1.29, 1.82) is 0 Å². The van der Waals surface area contributed by atoms with Crippen LogP contribution in [0.15, 0.2) is 42.7 Å². The number of amides is 2. The fraction of sp³-hybridized carbons (Fsp3) is 0.211. The van der Waals surface area contributed by atoms with E-state index in [1.54, 1.807) is 12.4 Å². The van der Waals surface area contributed by atoms with E-state index in [9.17, 15) is 4.79 Å². The fourth-order valence-corrected chi connectivity index (χ4v) is 3.99. The molecule has 0 atom stereocenters. The predicted molar refractivity (Wildman–Crippen MR) is 109 cm³/mol. The molecule has 140 valence electrons. The number of fused-ring (bicyclic) bond motifs is 1. The maximum absolute atomic E-state index is 12.4. The van der Waals surface area contributed by atoms with Gasteiger partial charge in [0.05, 0.1) is 10.2 Å². The van der Waals surface area contributed by atoms with Gasteiger partial charge in [0.2, 0.25) is 0 Å². The summed E-state index contributed by atoms with van der Waals surface area (Å²) in [5.74, 6) is 1.16. The van der Waals surface area contributed by atoms with Gasteiger partial charge in [0.1, 0.15) is 17.8 Å². The van der Waals surface area contributed by atoms with E-state index in [2.05, 4.69) is 30.8 Å². The van der Waals surface area contributed by atoms with Gasteiger partial charge < -0.3 is 4.57 Å². The SMILES string of the molecule is Cc1cccc2nc(NC(=O)Nc3cccc(-c4nncn4C4CC4)n3)sc12. The molecular formula is C19H17N7OS. The summed E-state index contributed by atoms with van der Waals surface area (Å²) in [5, 5.41) is 14.3. The average Bonchev–Trinajstić information content (AvgIpc) is 3.24. The van der Waals surface area contributed by atoms with E-state index in [0.29, 0.717) is 28.5 Å². The first-order valence-corrected chi connectivity index (χ1v) is 9.80. The third kappa shape index (κ3) is 3.20. The Kier molecular flexibility index (Phi) is 4.01. The molecular weight excluding hydrogens is 374 g/mol. The number of carbonyl (C=O) groups excluding carboxylic acids is 1. The van der Waals surface area contributed by atoms with Crippen LogP contribution in [0.1, 0.15) is 24.4 Å². The molecule has 0 spiro atoms. The molecule has 0 saturated heterocycles. The molecule has 1 aliphatic carbocycles. The van der Waals surface area contributed by atoms with Gasteiger partial charge in [-0.25, -0.2) is 14.8 Å². The Morgan fingerprint density at radius 1 is 1.14 bits per heavy atom. The van der Waals surface area contributed by atoms with Crippen LogP contribution >= 0.6 is 11.3 Å². The van der Waals surface area contributed by atoms with Gasteiger partial charge in [-0.3, -0.25) is 10.6 Å². The molecule has 0 radical (unpaired) electrons. The lowest BCUT2D eigenvalue weighted by Gasteiger charge is -2.07. The van der Waals surface area contributed by atoms with Gasteiger partial charge in [-0.15, -0.1) is 10.2 Å². The van der Waals surface area contributed by atoms with Crippen LogP contribution in [0.25, 0.3) is 21.7 Å². The van der Waals surface area contributed by atoms with E-state index < -0.39 is 0 Å². The minimum absolute atomic E-state index is 0.384. The van der Waals surface area contributed by atoms with Crippen molar-refractivity contribution in [3.8, 4) is 11.5 Å². The Hall–Kier alpha value is -3.33. The van der Waals surface area contributed by atoms with Gasteiger partial charge in [0.25, 0.3) is 0 Å². The smallest absolute Gasteiger partial charge is 0.309 e. The number of nitrogens with zero attached hydrogens (tertiary/aromatic N) is 5. The number of nitrogens with one attached hydrogen (secondary N) is 2. The van der Waals surface area contributed by atoms with Crippen LogP contribution in [0.3, 0.4) is 0 Å². The highest BCUT2D eigenvalue weighted by molar-refractivity contribution is 7.22. The summed E-state index contributed by atoms with van der Waals surface area (Å²) in [4.78, 5) is 21.4. The zero-order chi connectivity index (χ0) is 19.1. The molecule has 3 aromatic heterocycles. The molecule has 2 amide bonds. The molecule has 1 aromatic carbocycles. The zero-order valence-corrected chi connectivity index (χ0v) is 15.9. The van der Waals surface area contributed by atoms with Gasteiger partial charge >= 0.3 is 6.03 Å². The highest BCUT2D eigenvalue weighted by Crippen LogP contribution is 2.37. The number of carbonyl (C=O) groups is 1. The van der Waals surface area contributed by atoms with Gasteiger partial charge in [0.15, 0.2) is 11.0 Å². The minimum atomic E-state index is -0.384. The van der Waals surface area contributed by atoms with Crippen molar-refractivity contribution >= 4 is 38.5 Å². The van der Waals surface area contributed by atoms with Crippen molar-refractivity contribution in [2.45, 2.75) is 25.8 Å². The maximum Gasteiger partial charge on any atom is 0.326 e. The highest BCUT2D eigenvalue weighted by Gasteiger charge is 2.27. The quantitative estimate of drug-likeness (QED) is 0.542. The molecule has 28 heavy (non-hydrogen) atoms. The van der Waals surface area contributed by atoms with Gasteiger partial charge in [-0.1, -0.05) is 29.5 Å². The maximum atomic E-state index is 12.4. The summed E-state index contributed by atoms with van der Waals surface area (Å²) in [6.45, 7) is 2.03. The molecule has 1 saturated carbocycles. The van der Waals surface area contributed by atoms with E-state index in [4.69, 9.17) is 0 Å². The van der Waals surface area contributed by atoms with Crippen molar-refractivity contribution in [2.75, 3.05) is 10.6 Å². The summed E-state index contributed by atoms with van der Waals surface area (Å²) in [6.07, 6.45) is 4.00. The number of hydrogen-bond donors (Lipinski definition) is 2. The molecule has 8 nitrogen and oxygen atoms in total. The highest BCUT2D eigenvalue weighted by atomic mass is 32.1. The lowest BCUT2D eigenvalue weighted by molar-refractivity contribution is 0.262. The third-order valence-corrected chi connectivity index (χ3v) is 5.69. The van der Waals surface area contributed by atoms with Crippen LogP contribution in [0.5, 0.6) is 0 Å². The number of anilines is 2. The monoisotopic (exact) mass is 391 g/mol. The molecule has 2 N–H and O–H groups in total. The summed E-state index contributed by atoms with van der Waals surface area (Å²) < 4.78 is 3.10. The number of urea groups is 1. The predicted octanol–water partition coefficient (Wildman–Crippen LogP) is 4.24. The molecule has 0 unspecified atom stereocenters. The van der Waals surface area contributed by atoms with Gasteiger partial charge in [-0.2, -0.15) is 0 Å². The van der Waals surface area contributed by atoms with Crippen LogP contribution in [-0.4, -0.2) is 30.8 Å². The van der Waals surface area contributed by atoms with E-state index in [0.717, 1.165) is 28.6 Å². The number of aryl methyl sites for hydroxylation is 1. The molecule has 0 bridgehead atoms. The fourth-order valence-electron chi connectivity index (χ4n) is 3.06. The summed E-state index contributed by atoms with van der Waals surface area (Å²) in [5.41, 5.74) is 2.69. The van der Waals surface area contributed by atoms with Crippen LogP contribution in [0.4, 0.5) is 15.7 Å². The first-order chi connectivity index (χ1) is 13.7. The molecule has 0 aliphatic heterocycles. The molecule has 1 aliphatic rings. The largest absolute Gasteiger partial charge is 0.326 e. The second-order valence-electron chi connectivity index (χ2n) is 6.72. The van der Waals surface area contributed by atoms with E-state index >= 15 is 0 Å². The summed E-state index contributed by atoms with van der Waals surface area (Å²) in [6, 6.07) is 11.4. The number of hydrogen-bond acceptors (Lipinski definition) is 6. The average molecular weight is 391 g/mol. The molecule has 5 rings (SSSR count). The molecule has 1 fully saturated rings. The van der Waals surface area contributed by atoms with Crippen molar-refractivity contribution in [3.63, 3.8) is 0 Å². The number of thiazole rings is 1. The van der Waals surface area contributed by atoms with E-state index in [1.165, 1.54) is 11.3 Å². The van der Waals surface area contributed by atoms with Gasteiger partial charge in [0, 0.05) is 6.04 Å². The van der Waals surface area contributed by atoms with Crippen molar-refractivity contribution in [2.24, 2.45) is 0 Å². The number of benzene rings is 1. The third-order valence-electron chi connectivity index (χ3n) is 4.57. The van der Waals surface area contributed by atoms with Crippen molar-refractivity contribution in [3.05, 3.63) is 48.3 Å². The normalized spacial score (nSPS) is 13.6. The lowest BCUT2D eigenvalue weighted by atomic mass is 10.2. The molecule has 4 aromatic rings. The van der Waals surface area contributed by atoms with Crippen LogP contribution < -0.4 is 10.6 Å². The van der Waals surface area contributed by atoms with Crippen molar-refractivity contribution < 1.29 is 4.79 Å². The second-order valence-corrected chi connectivity index (χ2v) is 7.72. The van der Waals surface area contributed by atoms with Crippen LogP contribution in [-0.2, 0) is 0 Å². The Morgan fingerprint density at radius 2 is 2.00 bits per heavy atom. The van der Waals surface area contributed by atoms with Gasteiger partial charge in [-0.05, 0) is 43.5 Å². The molecule has 9 heteroatoms. The number of pyridine rings is 1. The second kappa shape index (κ2) is 6.68. The van der Waals surface area contributed by atoms with E-state index in [1.807, 2.05) is 41.8 Å². The van der Waals surface area contributed by atoms with E-state index in [-0.39, 0.29) is 6.03 Å². The Bertz CT molecular complexity index is 1180. The first-order valence-electron chi connectivity index (χ1n) is 8.98. The van der Waals surface area contributed by atoms with Crippen molar-refractivity contribution in [1.82, 2.24) is 24.7 Å². The minimum Gasteiger partial charge on any atom is -0.309 e. The van der Waals surface area contributed by atoms with Crippen LogP contribution in [0.2, 0.25) is 0 Å². The standard InChI is InChI=1S/C19H17N7OS/c1-11-4-2-5-13-16(11)28-19(22-13)24-18(27)23-15-7-3-6-14(21-15)17-25-20-10-26(17)12-8-9-12/h2-7,10,12H,8-9H2,1H3,(H2,21,22,23,24,27). The topological polar surface area (TPSA) is 97.6 Å². The summed E-state index contributed by atoms with van der Waals surface area (Å²) >= 11 is 1.45. The Balaban J connectivity index is 1.33. The zero-order valence-electron chi connectivity index (χ0n) is 15.1. The lowest BCUT2D eigenvalue weighted by Crippen LogP contribution is -2.20. The Morgan fingerprint density at radius 3 is 2.82 bits per heavy atom. The summed E-state index contributed by atoms with van der Waals surface area (Å²) in [7, 11) is 0. The first kappa shape index (κ1) is 16.8. The Labute approximate surface area is 164 Å².